The number of aromatic nitrogens is 5. The Kier molecular flexibility index (Phi) is 6.14. The van der Waals surface area contributed by atoms with E-state index >= 15 is 0 Å². The van der Waals surface area contributed by atoms with Crippen LogP contribution in [0.3, 0.4) is 0 Å². The van der Waals surface area contributed by atoms with Crippen LogP contribution in [-0.2, 0) is 24.2 Å². The number of aryl methyl sites for hydroxylation is 2. The Labute approximate surface area is 153 Å². The van der Waals surface area contributed by atoms with Crippen LogP contribution in [0.4, 0.5) is 0 Å². The summed E-state index contributed by atoms with van der Waals surface area (Å²) in [7, 11) is 0. The average molecular weight is 358 g/mol. The topological polar surface area (TPSA) is 98.7 Å². The van der Waals surface area contributed by atoms with Crippen LogP contribution in [0.5, 0.6) is 0 Å². The Bertz CT molecular complexity index is 762. The fourth-order valence-electron chi connectivity index (χ4n) is 2.94. The summed E-state index contributed by atoms with van der Waals surface area (Å²) in [6, 6.07) is 0. The minimum Gasteiger partial charge on any atom is -0.421 e. The third kappa shape index (κ3) is 4.77. The number of nitrogens with one attached hydrogen (secondary N) is 1. The quantitative estimate of drug-likeness (QED) is 0.602. The lowest BCUT2D eigenvalue weighted by Crippen LogP contribution is -2.22. The van der Waals surface area contributed by atoms with Gasteiger partial charge in [0.15, 0.2) is 0 Å². The monoisotopic (exact) mass is 358 g/mol. The fraction of sp³-hybridized carbons (Fsp3) is 0.611. The van der Waals surface area contributed by atoms with Gasteiger partial charge in [-0.3, -0.25) is 4.79 Å². The zero-order valence-corrected chi connectivity index (χ0v) is 15.4. The molecule has 3 heterocycles. The molecule has 8 nitrogen and oxygen atoms in total. The van der Waals surface area contributed by atoms with E-state index in [0.29, 0.717) is 18.3 Å². The molecule has 0 aromatic carbocycles. The SMILES string of the molecule is CC(C)c1nnc(/C=C/C(=O)NCCCc2nnc3n2CCCCC3)o1. The molecule has 1 N–H and O–H groups in total. The molecule has 0 saturated carbocycles. The second-order valence-corrected chi connectivity index (χ2v) is 6.86. The number of hydrogen-bond acceptors (Lipinski definition) is 6. The van der Waals surface area contributed by atoms with E-state index in [4.69, 9.17) is 4.42 Å². The van der Waals surface area contributed by atoms with Crippen LogP contribution in [-0.4, -0.2) is 37.4 Å². The second kappa shape index (κ2) is 8.73. The third-order valence-corrected chi connectivity index (χ3v) is 4.39. The summed E-state index contributed by atoms with van der Waals surface area (Å²) >= 11 is 0. The van der Waals surface area contributed by atoms with Crippen molar-refractivity contribution in [2.45, 2.75) is 64.8 Å². The summed E-state index contributed by atoms with van der Waals surface area (Å²) in [5, 5.41) is 19.3. The van der Waals surface area contributed by atoms with Gasteiger partial charge in [-0.05, 0) is 19.3 Å². The lowest BCUT2D eigenvalue weighted by molar-refractivity contribution is -0.116. The van der Waals surface area contributed by atoms with E-state index in [1.807, 2.05) is 13.8 Å². The molecular weight excluding hydrogens is 332 g/mol. The van der Waals surface area contributed by atoms with Crippen molar-refractivity contribution in [2.75, 3.05) is 6.54 Å². The maximum atomic E-state index is 11.9. The lowest BCUT2D eigenvalue weighted by Gasteiger charge is -2.07. The normalized spacial score (nSPS) is 14.6. The van der Waals surface area contributed by atoms with Gasteiger partial charge in [-0.2, -0.15) is 0 Å². The summed E-state index contributed by atoms with van der Waals surface area (Å²) < 4.78 is 7.67. The maximum Gasteiger partial charge on any atom is 0.244 e. The van der Waals surface area contributed by atoms with Crippen LogP contribution < -0.4 is 5.32 Å². The van der Waals surface area contributed by atoms with Gasteiger partial charge in [0.05, 0.1) is 0 Å². The number of nitrogens with zero attached hydrogens (tertiary/aromatic N) is 5. The Morgan fingerprint density at radius 2 is 2.12 bits per heavy atom. The number of rotatable bonds is 7. The first-order chi connectivity index (χ1) is 12.6. The maximum absolute atomic E-state index is 11.9. The first kappa shape index (κ1) is 18.3. The number of fused-ring (bicyclic) bond motifs is 1. The van der Waals surface area contributed by atoms with Gasteiger partial charge in [-0.1, -0.05) is 20.3 Å². The predicted molar refractivity (Wildman–Crippen MR) is 96.3 cm³/mol. The van der Waals surface area contributed by atoms with Gasteiger partial charge in [0, 0.05) is 44.0 Å². The van der Waals surface area contributed by atoms with Gasteiger partial charge in [-0.15, -0.1) is 20.4 Å². The van der Waals surface area contributed by atoms with Crippen molar-refractivity contribution >= 4 is 12.0 Å². The van der Waals surface area contributed by atoms with E-state index < -0.39 is 0 Å². The molecule has 1 aliphatic rings. The van der Waals surface area contributed by atoms with Crippen molar-refractivity contribution in [1.29, 1.82) is 0 Å². The van der Waals surface area contributed by atoms with E-state index in [9.17, 15) is 4.79 Å². The molecule has 0 bridgehead atoms. The van der Waals surface area contributed by atoms with Crippen LogP contribution in [0.15, 0.2) is 10.5 Å². The molecule has 1 aliphatic heterocycles. The molecule has 0 atom stereocenters. The van der Waals surface area contributed by atoms with Gasteiger partial charge >= 0.3 is 0 Å². The molecule has 1 amide bonds. The number of carbonyl (C=O) groups excluding carboxylic acids is 1. The Hall–Kier alpha value is -2.51. The molecule has 0 unspecified atom stereocenters. The van der Waals surface area contributed by atoms with E-state index in [1.54, 1.807) is 0 Å². The minimum atomic E-state index is -0.172. The number of amides is 1. The van der Waals surface area contributed by atoms with Crippen molar-refractivity contribution in [3.8, 4) is 0 Å². The minimum absolute atomic E-state index is 0.172. The van der Waals surface area contributed by atoms with E-state index in [2.05, 4.69) is 30.3 Å². The third-order valence-electron chi connectivity index (χ3n) is 4.39. The standard InChI is InChI=1S/C18H26N6O2/c1-13(2)18-23-22-17(26-18)10-9-16(25)19-11-6-8-15-21-20-14-7-4-3-5-12-24(14)15/h9-10,13H,3-8,11-12H2,1-2H3,(H,19,25)/b10-9+. The Morgan fingerprint density at radius 3 is 2.92 bits per heavy atom. The molecule has 0 saturated heterocycles. The molecule has 26 heavy (non-hydrogen) atoms. The largest absolute Gasteiger partial charge is 0.421 e. The molecule has 8 heteroatoms. The van der Waals surface area contributed by atoms with Crippen LogP contribution in [0.25, 0.3) is 6.08 Å². The first-order valence-corrected chi connectivity index (χ1v) is 9.33. The molecule has 2 aromatic heterocycles. The summed E-state index contributed by atoms with van der Waals surface area (Å²) in [6.07, 6.45) is 9.25. The summed E-state index contributed by atoms with van der Waals surface area (Å²) in [5.74, 6) is 3.04. The molecular formula is C18H26N6O2. The van der Waals surface area contributed by atoms with Gasteiger partial charge in [0.25, 0.3) is 0 Å². The molecule has 0 spiro atoms. The van der Waals surface area contributed by atoms with Crippen LogP contribution in [0, 0.1) is 0 Å². The van der Waals surface area contributed by atoms with Crippen molar-refractivity contribution in [1.82, 2.24) is 30.3 Å². The molecule has 0 radical (unpaired) electrons. The van der Waals surface area contributed by atoms with Crippen LogP contribution >= 0.6 is 0 Å². The van der Waals surface area contributed by atoms with Crippen molar-refractivity contribution < 1.29 is 9.21 Å². The molecule has 140 valence electrons. The zero-order chi connectivity index (χ0) is 18.4. The van der Waals surface area contributed by atoms with Gasteiger partial charge < -0.3 is 14.3 Å². The zero-order valence-electron chi connectivity index (χ0n) is 15.4. The van der Waals surface area contributed by atoms with Gasteiger partial charge in [0.2, 0.25) is 17.7 Å². The highest BCUT2D eigenvalue weighted by atomic mass is 16.4. The molecule has 0 aliphatic carbocycles. The fourth-order valence-corrected chi connectivity index (χ4v) is 2.94. The highest BCUT2D eigenvalue weighted by Crippen LogP contribution is 2.15. The number of hydrogen-bond donors (Lipinski definition) is 1. The average Bonchev–Trinajstić information content (AvgIpc) is 3.18. The van der Waals surface area contributed by atoms with Crippen molar-refractivity contribution in [2.24, 2.45) is 0 Å². The summed E-state index contributed by atoms with van der Waals surface area (Å²) in [4.78, 5) is 11.9. The van der Waals surface area contributed by atoms with Gasteiger partial charge in [0.1, 0.15) is 11.6 Å². The number of carbonyl (C=O) groups is 1. The van der Waals surface area contributed by atoms with Crippen LogP contribution in [0.1, 0.15) is 68.9 Å². The Balaban J connectivity index is 1.41. The lowest BCUT2D eigenvalue weighted by atomic mass is 10.2. The molecule has 3 rings (SSSR count). The van der Waals surface area contributed by atoms with E-state index in [1.165, 1.54) is 31.4 Å². The Morgan fingerprint density at radius 1 is 1.23 bits per heavy atom. The summed E-state index contributed by atoms with van der Waals surface area (Å²) in [5.41, 5.74) is 0. The smallest absolute Gasteiger partial charge is 0.244 e. The van der Waals surface area contributed by atoms with Crippen molar-refractivity contribution in [3.05, 3.63) is 29.5 Å². The molecule has 0 fully saturated rings. The van der Waals surface area contributed by atoms with Crippen LogP contribution in [0.2, 0.25) is 0 Å². The molecule has 2 aromatic rings. The highest BCUT2D eigenvalue weighted by Gasteiger charge is 2.14. The second-order valence-electron chi connectivity index (χ2n) is 6.86. The predicted octanol–water partition coefficient (Wildman–Crippen LogP) is 2.27. The highest BCUT2D eigenvalue weighted by molar-refractivity contribution is 5.91. The summed E-state index contributed by atoms with van der Waals surface area (Å²) in [6.45, 7) is 5.55. The van der Waals surface area contributed by atoms with Gasteiger partial charge in [-0.25, -0.2) is 0 Å². The van der Waals surface area contributed by atoms with E-state index in [0.717, 1.165) is 37.5 Å². The first-order valence-electron chi connectivity index (χ1n) is 9.33. The van der Waals surface area contributed by atoms with E-state index in [-0.39, 0.29) is 11.8 Å². The van der Waals surface area contributed by atoms with Crippen molar-refractivity contribution in [3.63, 3.8) is 0 Å².